The molecule has 0 aliphatic heterocycles. The van der Waals surface area contributed by atoms with Crippen LogP contribution in [-0.2, 0) is 7.87 Å². The first-order valence-corrected chi connectivity index (χ1v) is 25.4. The van der Waals surface area contributed by atoms with Gasteiger partial charge in [-0.2, -0.15) is 0 Å². The van der Waals surface area contributed by atoms with Crippen LogP contribution in [0.2, 0.25) is 13.3 Å². The van der Waals surface area contributed by atoms with Crippen molar-refractivity contribution in [1.82, 2.24) is 0 Å². The molecule has 0 radical (unpaired) electrons. The van der Waals surface area contributed by atoms with E-state index in [0.717, 1.165) is 24.2 Å². The predicted octanol–water partition coefficient (Wildman–Crippen LogP) is 13.0. The Morgan fingerprint density at radius 3 is 1.15 bits per heavy atom. The van der Waals surface area contributed by atoms with Crippen molar-refractivity contribution in [1.29, 1.82) is 0 Å². The summed E-state index contributed by atoms with van der Waals surface area (Å²) < 4.78 is 10.9. The Hall–Kier alpha value is 0.269. The molecule has 0 aromatic carbocycles. The van der Waals surface area contributed by atoms with E-state index in [-0.39, 0.29) is 5.97 Å². The quantitative estimate of drug-likeness (QED) is 0.0591. The van der Waals surface area contributed by atoms with Crippen LogP contribution in [0.3, 0.4) is 0 Å². The molecule has 0 N–H and O–H groups in total. The van der Waals surface area contributed by atoms with Crippen LogP contribution in [0.4, 0.5) is 0 Å². The van der Waals surface area contributed by atoms with E-state index in [1.807, 2.05) is 0 Å². The monoisotopic (exact) mass is 658 g/mol. The summed E-state index contributed by atoms with van der Waals surface area (Å²) in [5.74, 6) is 2.46. The zero-order valence-corrected chi connectivity index (χ0v) is 31.1. The van der Waals surface area contributed by atoms with Crippen molar-refractivity contribution in [2.75, 3.05) is 0 Å². The average Bonchev–Trinajstić information content (AvgIpc) is 2.94. The van der Waals surface area contributed by atoms with Gasteiger partial charge in [-0.3, -0.25) is 0 Å². The van der Waals surface area contributed by atoms with Crippen LogP contribution in [0.1, 0.15) is 190 Å². The fourth-order valence-corrected chi connectivity index (χ4v) is 23.7. The van der Waals surface area contributed by atoms with Gasteiger partial charge in [0.15, 0.2) is 0 Å². The first-order chi connectivity index (χ1) is 18.9. The van der Waals surface area contributed by atoms with Gasteiger partial charge in [0, 0.05) is 0 Å². The van der Waals surface area contributed by atoms with E-state index in [0.29, 0.717) is 6.42 Å². The molecule has 3 unspecified atom stereocenters. The summed E-state index contributed by atoms with van der Waals surface area (Å²) in [7, 11) is 0. The molecule has 0 aromatic heterocycles. The van der Waals surface area contributed by atoms with Crippen molar-refractivity contribution < 1.29 is 7.87 Å². The molecule has 234 valence electrons. The van der Waals surface area contributed by atoms with Crippen molar-refractivity contribution in [3.63, 3.8) is 0 Å². The number of carbonyl (C=O) groups excluding carboxylic acids is 1. The zero-order valence-electron chi connectivity index (χ0n) is 28.2. The second-order valence-electron chi connectivity index (χ2n) is 13.1. The number of rotatable bonds is 29. The summed E-state index contributed by atoms with van der Waals surface area (Å²) in [6, 6.07) is 0. The Bertz CT molecular complexity index is 489. The van der Waals surface area contributed by atoms with Crippen LogP contribution in [0.5, 0.6) is 0 Å². The SMILES string of the molecule is CCCCCCCCCCCC(=O)[O][Sn]([CH2]C(CC)CCCC)([CH2]C(CC)CCCC)[CH2]C(CC)CCCC. The van der Waals surface area contributed by atoms with Crippen molar-refractivity contribution in [3.05, 3.63) is 0 Å². The van der Waals surface area contributed by atoms with Gasteiger partial charge in [0.05, 0.1) is 0 Å². The summed E-state index contributed by atoms with van der Waals surface area (Å²) in [4.78, 5) is 13.5. The van der Waals surface area contributed by atoms with Crippen LogP contribution in [-0.4, -0.2) is 24.8 Å². The van der Waals surface area contributed by atoms with Gasteiger partial charge in [-0.15, -0.1) is 0 Å². The van der Waals surface area contributed by atoms with Crippen LogP contribution in [0.25, 0.3) is 0 Å². The van der Waals surface area contributed by atoms with Crippen molar-refractivity contribution in [2.45, 2.75) is 203 Å². The molecule has 0 amide bonds. The van der Waals surface area contributed by atoms with Crippen molar-refractivity contribution >= 4 is 24.8 Å². The molecule has 0 aromatic rings. The number of hydrogen-bond acceptors (Lipinski definition) is 2. The molecule has 0 aliphatic carbocycles. The van der Waals surface area contributed by atoms with Crippen molar-refractivity contribution in [3.8, 4) is 0 Å². The normalized spacial score (nSPS) is 15.6. The molecule has 0 fully saturated rings. The Kier molecular flexibility index (Phi) is 27.3. The van der Waals surface area contributed by atoms with Crippen LogP contribution in [0, 0.1) is 17.8 Å². The molecule has 3 atom stereocenters. The number of carbonyl (C=O) groups is 1. The summed E-state index contributed by atoms with van der Waals surface area (Å²) in [6.07, 6.45) is 27.9. The molecule has 0 bridgehead atoms. The number of hydrogen-bond donors (Lipinski definition) is 0. The molecule has 0 saturated heterocycles. The van der Waals surface area contributed by atoms with E-state index in [4.69, 9.17) is 3.07 Å². The van der Waals surface area contributed by atoms with Gasteiger partial charge >= 0.3 is 246 Å². The number of unbranched alkanes of at least 4 members (excludes halogenated alkanes) is 11. The Morgan fingerprint density at radius 2 is 0.821 bits per heavy atom. The molecular weight excluding hydrogens is 583 g/mol. The molecule has 3 heteroatoms. The molecule has 39 heavy (non-hydrogen) atoms. The zero-order chi connectivity index (χ0) is 29.2. The van der Waals surface area contributed by atoms with Gasteiger partial charge in [0.2, 0.25) is 0 Å². The first-order valence-electron chi connectivity index (χ1n) is 18.2. The molecule has 0 saturated carbocycles. The van der Waals surface area contributed by atoms with E-state index >= 15 is 0 Å². The molecule has 0 aliphatic rings. The summed E-state index contributed by atoms with van der Waals surface area (Å²) in [5.41, 5.74) is 0. The van der Waals surface area contributed by atoms with Gasteiger partial charge < -0.3 is 0 Å². The Labute approximate surface area is 252 Å². The molecular formula is C36H74O2Sn. The van der Waals surface area contributed by atoms with Gasteiger partial charge in [0.25, 0.3) is 0 Å². The van der Waals surface area contributed by atoms with Crippen molar-refractivity contribution in [2.24, 2.45) is 17.8 Å². The van der Waals surface area contributed by atoms with Gasteiger partial charge in [-0.05, 0) is 0 Å². The van der Waals surface area contributed by atoms with Gasteiger partial charge in [0.1, 0.15) is 0 Å². The van der Waals surface area contributed by atoms with E-state index in [2.05, 4.69) is 48.5 Å². The third-order valence-electron chi connectivity index (χ3n) is 9.43. The first kappa shape index (κ1) is 39.3. The third kappa shape index (κ3) is 20.7. The fourth-order valence-electron chi connectivity index (χ4n) is 6.66. The summed E-state index contributed by atoms with van der Waals surface area (Å²) in [5, 5.41) is 0. The van der Waals surface area contributed by atoms with Crippen LogP contribution >= 0.6 is 0 Å². The molecule has 0 heterocycles. The van der Waals surface area contributed by atoms with Crippen LogP contribution < -0.4 is 0 Å². The molecule has 2 nitrogen and oxygen atoms in total. The third-order valence-corrected chi connectivity index (χ3v) is 22.6. The maximum absolute atomic E-state index is 13.5. The van der Waals surface area contributed by atoms with E-state index in [1.165, 1.54) is 142 Å². The Morgan fingerprint density at radius 1 is 0.487 bits per heavy atom. The minimum atomic E-state index is -3.19. The maximum atomic E-state index is 13.5. The standard InChI is InChI=1S/C12H24O2.3C8H17.Sn/c1-2-3-4-5-6-7-8-9-10-11-12(13)14;3*1-4-6-7-8(3)5-2;/h2-11H2,1H3,(H,13,14);3*8H,3-7H2,1-2H3;/q;;;;+1/p-1. The average molecular weight is 658 g/mol. The van der Waals surface area contributed by atoms with Gasteiger partial charge in [-0.1, -0.05) is 6.92 Å². The van der Waals surface area contributed by atoms with E-state index in [9.17, 15) is 4.79 Å². The topological polar surface area (TPSA) is 26.3 Å². The second-order valence-corrected chi connectivity index (χ2v) is 23.9. The van der Waals surface area contributed by atoms with E-state index < -0.39 is 18.8 Å². The second kappa shape index (κ2) is 27.1. The Balaban J connectivity index is 5.56. The predicted molar refractivity (Wildman–Crippen MR) is 178 cm³/mol. The minimum absolute atomic E-state index is 0.190. The van der Waals surface area contributed by atoms with Crippen LogP contribution in [0.15, 0.2) is 0 Å². The molecule has 0 rings (SSSR count). The van der Waals surface area contributed by atoms with Gasteiger partial charge in [-0.25, -0.2) is 0 Å². The summed E-state index contributed by atoms with van der Waals surface area (Å²) >= 11 is -3.19. The molecule has 0 spiro atoms. The fraction of sp³-hybridized carbons (Fsp3) is 0.972. The summed E-state index contributed by atoms with van der Waals surface area (Å²) in [6.45, 7) is 16.4. The van der Waals surface area contributed by atoms with E-state index in [1.54, 1.807) is 0 Å².